The molecule has 8 heteroatoms. The van der Waals surface area contributed by atoms with Crippen LogP contribution in [0.1, 0.15) is 23.1 Å². The molecule has 0 saturated carbocycles. The third kappa shape index (κ3) is 4.92. The largest absolute Gasteiger partial charge is 0.339 e. The minimum Gasteiger partial charge on any atom is -0.339 e. The zero-order valence-corrected chi connectivity index (χ0v) is 17.3. The highest BCUT2D eigenvalue weighted by Gasteiger charge is 2.20. The maximum absolute atomic E-state index is 13.8. The SMILES string of the molecule is Cn1ccnc1C(NC(=O)/C=C/c1csc(-c2ccc(F)cc2)n1)c1cccc(F)c1. The summed E-state index contributed by atoms with van der Waals surface area (Å²) in [6.07, 6.45) is 6.35. The first-order valence-electron chi connectivity index (χ1n) is 9.42. The normalized spacial score (nSPS) is 12.2. The molecule has 0 bridgehead atoms. The Labute approximate surface area is 181 Å². The van der Waals surface area contributed by atoms with E-state index >= 15 is 0 Å². The summed E-state index contributed by atoms with van der Waals surface area (Å²) in [5, 5.41) is 5.42. The van der Waals surface area contributed by atoms with Crippen molar-refractivity contribution in [1.82, 2.24) is 19.9 Å². The van der Waals surface area contributed by atoms with Gasteiger partial charge in [0.2, 0.25) is 5.91 Å². The molecule has 2 heterocycles. The van der Waals surface area contributed by atoms with Crippen LogP contribution in [-0.4, -0.2) is 20.4 Å². The Balaban J connectivity index is 1.51. The lowest BCUT2D eigenvalue weighted by atomic mass is 10.1. The van der Waals surface area contributed by atoms with Crippen LogP contribution in [0, 0.1) is 11.6 Å². The van der Waals surface area contributed by atoms with E-state index in [0.717, 1.165) is 10.6 Å². The number of halogens is 2. The van der Waals surface area contributed by atoms with Gasteiger partial charge in [-0.3, -0.25) is 4.79 Å². The molecule has 4 rings (SSSR count). The molecule has 0 aliphatic carbocycles. The molecular weight excluding hydrogens is 418 g/mol. The average molecular weight is 436 g/mol. The summed E-state index contributed by atoms with van der Waals surface area (Å²) in [6.45, 7) is 0. The molecule has 1 N–H and O–H groups in total. The van der Waals surface area contributed by atoms with Crippen LogP contribution in [0.4, 0.5) is 8.78 Å². The minimum absolute atomic E-state index is 0.308. The van der Waals surface area contributed by atoms with E-state index in [2.05, 4.69) is 15.3 Å². The standard InChI is InChI=1S/C23H18F2N4OS/c1-29-12-11-26-22(29)21(16-3-2-4-18(25)13-16)28-20(30)10-9-19-14-31-23(27-19)15-5-7-17(24)8-6-15/h2-14,21H,1H3,(H,28,30)/b10-9+. The summed E-state index contributed by atoms with van der Waals surface area (Å²) in [5.41, 5.74) is 2.00. The van der Waals surface area contributed by atoms with E-state index in [1.807, 2.05) is 12.4 Å². The molecule has 0 fully saturated rings. The first-order valence-corrected chi connectivity index (χ1v) is 10.3. The highest BCUT2D eigenvalue weighted by Crippen LogP contribution is 2.25. The molecular formula is C23H18F2N4OS. The van der Waals surface area contributed by atoms with Crippen LogP contribution >= 0.6 is 11.3 Å². The zero-order valence-electron chi connectivity index (χ0n) is 16.5. The number of aryl methyl sites for hydroxylation is 1. The van der Waals surface area contributed by atoms with E-state index in [4.69, 9.17) is 0 Å². The molecule has 1 unspecified atom stereocenters. The van der Waals surface area contributed by atoms with Crippen LogP contribution in [0.5, 0.6) is 0 Å². The van der Waals surface area contributed by atoms with Gasteiger partial charge in [0, 0.05) is 36.5 Å². The van der Waals surface area contributed by atoms with Gasteiger partial charge in [0.15, 0.2) is 0 Å². The Morgan fingerprint density at radius 1 is 1.16 bits per heavy atom. The predicted molar refractivity (Wildman–Crippen MR) is 116 cm³/mol. The molecule has 0 spiro atoms. The number of carbonyl (C=O) groups excluding carboxylic acids is 1. The number of thiazole rings is 1. The number of hydrogen-bond donors (Lipinski definition) is 1. The van der Waals surface area contributed by atoms with Crippen molar-refractivity contribution >= 4 is 23.3 Å². The Kier molecular flexibility index (Phi) is 5.99. The maximum Gasteiger partial charge on any atom is 0.244 e. The van der Waals surface area contributed by atoms with Crippen LogP contribution in [0.3, 0.4) is 0 Å². The lowest BCUT2D eigenvalue weighted by Gasteiger charge is -2.18. The number of hydrogen-bond acceptors (Lipinski definition) is 4. The molecule has 2 aromatic carbocycles. The Morgan fingerprint density at radius 3 is 2.68 bits per heavy atom. The topological polar surface area (TPSA) is 59.8 Å². The van der Waals surface area contributed by atoms with E-state index in [9.17, 15) is 13.6 Å². The molecule has 0 saturated heterocycles. The second-order valence-corrected chi connectivity index (χ2v) is 7.67. The number of aromatic nitrogens is 3. The quantitative estimate of drug-likeness (QED) is 0.444. The second kappa shape index (κ2) is 9.01. The van der Waals surface area contributed by atoms with E-state index in [1.54, 1.807) is 47.3 Å². The van der Waals surface area contributed by atoms with Crippen molar-refractivity contribution in [2.75, 3.05) is 0 Å². The zero-order chi connectivity index (χ0) is 21.8. The van der Waals surface area contributed by atoms with Gasteiger partial charge in [-0.1, -0.05) is 12.1 Å². The first kappa shape index (κ1) is 20.6. The Hall–Kier alpha value is -3.65. The van der Waals surface area contributed by atoms with Crippen molar-refractivity contribution in [2.24, 2.45) is 7.05 Å². The van der Waals surface area contributed by atoms with Crippen LogP contribution in [0.25, 0.3) is 16.6 Å². The van der Waals surface area contributed by atoms with E-state index < -0.39 is 11.9 Å². The smallest absolute Gasteiger partial charge is 0.244 e. The van der Waals surface area contributed by atoms with Crippen molar-refractivity contribution < 1.29 is 13.6 Å². The summed E-state index contributed by atoms with van der Waals surface area (Å²) in [5.74, 6) is -0.483. The fourth-order valence-electron chi connectivity index (χ4n) is 3.08. The van der Waals surface area contributed by atoms with Crippen LogP contribution < -0.4 is 5.32 Å². The number of benzene rings is 2. The van der Waals surface area contributed by atoms with Gasteiger partial charge >= 0.3 is 0 Å². The highest BCUT2D eigenvalue weighted by atomic mass is 32.1. The maximum atomic E-state index is 13.8. The monoisotopic (exact) mass is 436 g/mol. The fraction of sp³-hybridized carbons (Fsp3) is 0.0870. The Bertz CT molecular complexity index is 1230. The molecule has 0 aliphatic heterocycles. The van der Waals surface area contributed by atoms with Crippen molar-refractivity contribution in [3.8, 4) is 10.6 Å². The fourth-order valence-corrected chi connectivity index (χ4v) is 3.87. The van der Waals surface area contributed by atoms with E-state index in [0.29, 0.717) is 17.1 Å². The average Bonchev–Trinajstić information content (AvgIpc) is 3.40. The van der Waals surface area contributed by atoms with Crippen molar-refractivity contribution in [3.63, 3.8) is 0 Å². The molecule has 1 amide bonds. The number of nitrogens with one attached hydrogen (secondary N) is 1. The summed E-state index contributed by atoms with van der Waals surface area (Å²) >= 11 is 1.40. The van der Waals surface area contributed by atoms with Gasteiger partial charge in [-0.05, 0) is 48.0 Å². The predicted octanol–water partition coefficient (Wildman–Crippen LogP) is 4.74. The molecule has 5 nitrogen and oxygen atoms in total. The van der Waals surface area contributed by atoms with Crippen molar-refractivity contribution in [3.05, 3.63) is 101 Å². The lowest BCUT2D eigenvalue weighted by Crippen LogP contribution is -2.29. The van der Waals surface area contributed by atoms with Crippen LogP contribution in [0.2, 0.25) is 0 Å². The second-order valence-electron chi connectivity index (χ2n) is 6.81. The first-order chi connectivity index (χ1) is 15.0. The number of amides is 1. The van der Waals surface area contributed by atoms with Gasteiger partial charge in [-0.25, -0.2) is 18.7 Å². The van der Waals surface area contributed by atoms with Gasteiger partial charge in [0.1, 0.15) is 28.5 Å². The molecule has 0 radical (unpaired) electrons. The minimum atomic E-state index is -0.613. The van der Waals surface area contributed by atoms with Gasteiger partial charge in [-0.15, -0.1) is 11.3 Å². The third-order valence-corrected chi connectivity index (χ3v) is 5.51. The number of nitrogens with zero attached hydrogens (tertiary/aromatic N) is 3. The number of rotatable bonds is 6. The summed E-state index contributed by atoms with van der Waals surface area (Å²) in [6, 6.07) is 11.5. The van der Waals surface area contributed by atoms with Gasteiger partial charge in [0.25, 0.3) is 0 Å². The summed E-state index contributed by atoms with van der Waals surface area (Å²) in [4.78, 5) is 21.4. The molecule has 2 aromatic heterocycles. The van der Waals surface area contributed by atoms with Gasteiger partial charge < -0.3 is 9.88 Å². The molecule has 1 atom stereocenters. The number of imidazole rings is 1. The van der Waals surface area contributed by atoms with E-state index in [-0.39, 0.29) is 11.7 Å². The molecule has 31 heavy (non-hydrogen) atoms. The van der Waals surface area contributed by atoms with Gasteiger partial charge in [0.05, 0.1) is 5.69 Å². The highest BCUT2D eigenvalue weighted by molar-refractivity contribution is 7.13. The lowest BCUT2D eigenvalue weighted by molar-refractivity contribution is -0.117. The van der Waals surface area contributed by atoms with Crippen molar-refractivity contribution in [1.29, 1.82) is 0 Å². The third-order valence-electron chi connectivity index (χ3n) is 4.60. The van der Waals surface area contributed by atoms with Gasteiger partial charge in [-0.2, -0.15) is 0 Å². The molecule has 0 aliphatic rings. The summed E-state index contributed by atoms with van der Waals surface area (Å²) in [7, 11) is 1.81. The van der Waals surface area contributed by atoms with Crippen LogP contribution in [0.15, 0.2) is 72.4 Å². The van der Waals surface area contributed by atoms with E-state index in [1.165, 1.54) is 41.7 Å². The molecule has 4 aromatic rings. The van der Waals surface area contributed by atoms with Crippen molar-refractivity contribution in [2.45, 2.75) is 6.04 Å². The Morgan fingerprint density at radius 2 is 1.97 bits per heavy atom. The number of carbonyl (C=O) groups is 1. The summed E-state index contributed by atoms with van der Waals surface area (Å²) < 4.78 is 28.6. The van der Waals surface area contributed by atoms with Crippen LogP contribution in [-0.2, 0) is 11.8 Å². The molecule has 156 valence electrons.